The maximum Gasteiger partial charge on any atom is 0.0634 e. The molecule has 1 N–H and O–H groups in total. The number of hydrogen-bond donors (Lipinski definition) is 1. The minimum absolute atomic E-state index is 0.146. The highest BCUT2D eigenvalue weighted by molar-refractivity contribution is 9.10. The smallest absolute Gasteiger partial charge is 0.0634 e. The Balaban J connectivity index is 2.01. The Morgan fingerprint density at radius 2 is 1.81 bits per heavy atom. The van der Waals surface area contributed by atoms with Gasteiger partial charge in [0.15, 0.2) is 0 Å². The van der Waals surface area contributed by atoms with Crippen LogP contribution in [0.3, 0.4) is 0 Å². The SMILES string of the molecule is CC1(C(O)Cc2ccc(Br)cc2)CCCC1. The molecule has 1 fully saturated rings. The zero-order chi connectivity index (χ0) is 11.6. The number of hydrogen-bond acceptors (Lipinski definition) is 1. The number of aliphatic hydroxyl groups excluding tert-OH is 1. The summed E-state index contributed by atoms with van der Waals surface area (Å²) in [5.41, 5.74) is 1.37. The van der Waals surface area contributed by atoms with Crippen LogP contribution in [0, 0.1) is 5.41 Å². The molecule has 0 amide bonds. The van der Waals surface area contributed by atoms with Gasteiger partial charge in [0.1, 0.15) is 0 Å². The van der Waals surface area contributed by atoms with Crippen LogP contribution >= 0.6 is 15.9 Å². The van der Waals surface area contributed by atoms with E-state index in [1.54, 1.807) is 0 Å². The van der Waals surface area contributed by atoms with Crippen molar-refractivity contribution in [1.29, 1.82) is 0 Å². The van der Waals surface area contributed by atoms with E-state index in [1.807, 2.05) is 12.1 Å². The normalized spacial score (nSPS) is 20.9. The van der Waals surface area contributed by atoms with Crippen LogP contribution in [0.5, 0.6) is 0 Å². The molecular weight excluding hydrogens is 264 g/mol. The van der Waals surface area contributed by atoms with E-state index in [-0.39, 0.29) is 11.5 Å². The van der Waals surface area contributed by atoms with E-state index in [0.717, 1.165) is 10.9 Å². The van der Waals surface area contributed by atoms with Gasteiger partial charge in [0, 0.05) is 4.47 Å². The first-order valence-electron chi connectivity index (χ1n) is 6.03. The Kier molecular flexibility index (Phi) is 3.70. The van der Waals surface area contributed by atoms with E-state index in [9.17, 15) is 5.11 Å². The largest absolute Gasteiger partial charge is 0.392 e. The fourth-order valence-corrected chi connectivity index (χ4v) is 2.87. The Morgan fingerprint density at radius 3 is 2.38 bits per heavy atom. The molecule has 16 heavy (non-hydrogen) atoms. The molecule has 1 aromatic carbocycles. The van der Waals surface area contributed by atoms with Crippen molar-refractivity contribution in [1.82, 2.24) is 0 Å². The molecule has 1 aliphatic rings. The van der Waals surface area contributed by atoms with Gasteiger partial charge in [0.25, 0.3) is 0 Å². The monoisotopic (exact) mass is 282 g/mol. The average molecular weight is 283 g/mol. The summed E-state index contributed by atoms with van der Waals surface area (Å²) in [5, 5.41) is 10.3. The van der Waals surface area contributed by atoms with Gasteiger partial charge in [0.05, 0.1) is 6.10 Å². The van der Waals surface area contributed by atoms with Gasteiger partial charge in [-0.25, -0.2) is 0 Å². The van der Waals surface area contributed by atoms with Gasteiger partial charge in [-0.1, -0.05) is 47.8 Å². The summed E-state index contributed by atoms with van der Waals surface area (Å²) in [7, 11) is 0. The third-order valence-electron chi connectivity index (χ3n) is 3.89. The standard InChI is InChI=1S/C14H19BrO/c1-14(8-2-3-9-14)13(16)10-11-4-6-12(15)7-5-11/h4-7,13,16H,2-3,8-10H2,1H3. The minimum atomic E-state index is -0.198. The van der Waals surface area contributed by atoms with E-state index in [1.165, 1.54) is 31.2 Å². The second-order valence-corrected chi connectivity index (χ2v) is 6.12. The lowest BCUT2D eigenvalue weighted by Crippen LogP contribution is -2.31. The summed E-state index contributed by atoms with van der Waals surface area (Å²) >= 11 is 3.43. The predicted molar refractivity (Wildman–Crippen MR) is 70.4 cm³/mol. The van der Waals surface area contributed by atoms with Gasteiger partial charge in [-0.3, -0.25) is 0 Å². The molecule has 1 saturated carbocycles. The summed E-state index contributed by atoms with van der Waals surface area (Å²) in [5.74, 6) is 0. The van der Waals surface area contributed by atoms with Gasteiger partial charge >= 0.3 is 0 Å². The number of benzene rings is 1. The van der Waals surface area contributed by atoms with Crippen molar-refractivity contribution in [3.63, 3.8) is 0 Å². The van der Waals surface area contributed by atoms with Gasteiger partial charge in [-0.15, -0.1) is 0 Å². The third-order valence-corrected chi connectivity index (χ3v) is 4.42. The van der Waals surface area contributed by atoms with Crippen LogP contribution < -0.4 is 0 Å². The molecule has 1 aliphatic carbocycles. The van der Waals surface area contributed by atoms with E-state index in [4.69, 9.17) is 0 Å². The summed E-state index contributed by atoms with van der Waals surface area (Å²) in [6.07, 6.45) is 5.47. The molecule has 0 spiro atoms. The summed E-state index contributed by atoms with van der Waals surface area (Å²) in [6, 6.07) is 8.26. The minimum Gasteiger partial charge on any atom is -0.392 e. The predicted octanol–water partition coefficient (Wildman–Crippen LogP) is 3.93. The van der Waals surface area contributed by atoms with Crippen molar-refractivity contribution in [2.24, 2.45) is 5.41 Å². The van der Waals surface area contributed by atoms with Crippen LogP contribution in [-0.2, 0) is 6.42 Å². The van der Waals surface area contributed by atoms with Crippen molar-refractivity contribution in [2.75, 3.05) is 0 Å². The molecule has 0 aliphatic heterocycles. The van der Waals surface area contributed by atoms with E-state index < -0.39 is 0 Å². The number of rotatable bonds is 3. The van der Waals surface area contributed by atoms with Crippen molar-refractivity contribution in [2.45, 2.75) is 45.1 Å². The highest BCUT2D eigenvalue weighted by atomic mass is 79.9. The zero-order valence-corrected chi connectivity index (χ0v) is 11.3. The quantitative estimate of drug-likeness (QED) is 0.891. The topological polar surface area (TPSA) is 20.2 Å². The summed E-state index contributed by atoms with van der Waals surface area (Å²) < 4.78 is 1.10. The van der Waals surface area contributed by atoms with Crippen molar-refractivity contribution >= 4 is 15.9 Å². The fraction of sp³-hybridized carbons (Fsp3) is 0.571. The van der Waals surface area contributed by atoms with Crippen molar-refractivity contribution in [3.05, 3.63) is 34.3 Å². The van der Waals surface area contributed by atoms with Crippen LogP contribution in [0.1, 0.15) is 38.2 Å². The first-order chi connectivity index (χ1) is 7.60. The van der Waals surface area contributed by atoms with Crippen molar-refractivity contribution in [3.8, 4) is 0 Å². The second kappa shape index (κ2) is 4.89. The second-order valence-electron chi connectivity index (χ2n) is 5.21. The van der Waals surface area contributed by atoms with E-state index >= 15 is 0 Å². The molecule has 2 heteroatoms. The Labute approximate surface area is 106 Å². The first-order valence-corrected chi connectivity index (χ1v) is 6.82. The van der Waals surface area contributed by atoms with Gasteiger partial charge in [-0.2, -0.15) is 0 Å². The fourth-order valence-electron chi connectivity index (χ4n) is 2.61. The molecule has 0 aromatic heterocycles. The molecule has 1 atom stereocenters. The molecule has 0 saturated heterocycles. The van der Waals surface area contributed by atoms with Crippen LogP contribution in [0.15, 0.2) is 28.7 Å². The lowest BCUT2D eigenvalue weighted by molar-refractivity contribution is 0.0424. The number of halogens is 1. The molecule has 1 aromatic rings. The van der Waals surface area contributed by atoms with Crippen molar-refractivity contribution < 1.29 is 5.11 Å². The summed E-state index contributed by atoms with van der Waals surface area (Å²) in [6.45, 7) is 2.23. The Hall–Kier alpha value is -0.340. The molecule has 0 radical (unpaired) electrons. The lowest BCUT2D eigenvalue weighted by Gasteiger charge is -2.30. The maximum atomic E-state index is 10.3. The Bertz CT molecular complexity index is 338. The molecule has 0 heterocycles. The van der Waals surface area contributed by atoms with Gasteiger partial charge in [0.2, 0.25) is 0 Å². The number of aliphatic hydroxyl groups is 1. The highest BCUT2D eigenvalue weighted by Crippen LogP contribution is 2.41. The van der Waals surface area contributed by atoms with Gasteiger partial charge in [-0.05, 0) is 42.4 Å². The molecule has 88 valence electrons. The zero-order valence-electron chi connectivity index (χ0n) is 9.75. The van der Waals surface area contributed by atoms with E-state index in [0.29, 0.717) is 0 Å². The maximum absolute atomic E-state index is 10.3. The van der Waals surface area contributed by atoms with Crippen LogP contribution in [-0.4, -0.2) is 11.2 Å². The average Bonchev–Trinajstić information content (AvgIpc) is 2.70. The Morgan fingerprint density at radius 1 is 1.25 bits per heavy atom. The van der Waals surface area contributed by atoms with Gasteiger partial charge < -0.3 is 5.11 Å². The highest BCUT2D eigenvalue weighted by Gasteiger charge is 2.35. The summed E-state index contributed by atoms with van der Waals surface area (Å²) in [4.78, 5) is 0. The lowest BCUT2D eigenvalue weighted by atomic mass is 9.80. The van der Waals surface area contributed by atoms with Crippen LogP contribution in [0.2, 0.25) is 0 Å². The molecule has 1 nitrogen and oxygen atoms in total. The van der Waals surface area contributed by atoms with Crippen LogP contribution in [0.25, 0.3) is 0 Å². The molecule has 1 unspecified atom stereocenters. The first kappa shape index (κ1) is 12.1. The molecule has 2 rings (SSSR count). The van der Waals surface area contributed by atoms with Crippen LogP contribution in [0.4, 0.5) is 0 Å². The van der Waals surface area contributed by atoms with E-state index in [2.05, 4.69) is 35.0 Å². The molecular formula is C14H19BrO. The third kappa shape index (κ3) is 2.67. The molecule has 0 bridgehead atoms.